The van der Waals surface area contributed by atoms with E-state index in [0.717, 1.165) is 0 Å². The Labute approximate surface area is 131 Å². The molecule has 2 aromatic rings. The Balaban J connectivity index is 2.59. The molecule has 0 saturated heterocycles. The van der Waals surface area contributed by atoms with Crippen LogP contribution in [0.25, 0.3) is 5.57 Å². The molecule has 2 aromatic carbocycles. The second-order valence-electron chi connectivity index (χ2n) is 4.17. The van der Waals surface area contributed by atoms with E-state index in [-0.39, 0.29) is 16.3 Å². The fourth-order valence-corrected chi connectivity index (χ4v) is 2.04. The van der Waals surface area contributed by atoms with Crippen LogP contribution < -0.4 is 4.74 Å². The molecule has 0 heterocycles. The Hall–Kier alpha value is -2.97. The minimum Gasteiger partial charge on any atom is -0.501 e. The molecular formula is C16H10ClNO4. The molecule has 0 aliphatic rings. The highest BCUT2D eigenvalue weighted by Crippen LogP contribution is 2.36. The highest BCUT2D eigenvalue weighted by molar-refractivity contribution is 6.33. The Morgan fingerprint density at radius 3 is 2.36 bits per heavy atom. The Morgan fingerprint density at radius 1 is 1.09 bits per heavy atom. The summed E-state index contributed by atoms with van der Waals surface area (Å²) in [6.45, 7) is 0. The number of ether oxygens (including phenoxy) is 1. The third kappa shape index (κ3) is 3.19. The first kappa shape index (κ1) is 15.4. The highest BCUT2D eigenvalue weighted by Gasteiger charge is 2.21. The molecule has 0 spiro atoms. The average Bonchev–Trinajstić information content (AvgIpc) is 2.51. The largest absolute Gasteiger partial charge is 0.501 e. The summed E-state index contributed by atoms with van der Waals surface area (Å²) in [6, 6.07) is 15.0. The third-order valence-electron chi connectivity index (χ3n) is 2.75. The van der Waals surface area contributed by atoms with Crippen LogP contribution in [0.2, 0.25) is 5.02 Å². The van der Waals surface area contributed by atoms with E-state index in [9.17, 15) is 9.90 Å². The second-order valence-corrected chi connectivity index (χ2v) is 4.58. The lowest BCUT2D eigenvalue weighted by molar-refractivity contribution is -0.135. The van der Waals surface area contributed by atoms with Crippen LogP contribution >= 0.6 is 11.6 Å². The molecule has 0 radical (unpaired) electrons. The molecule has 0 aromatic heterocycles. The molecule has 22 heavy (non-hydrogen) atoms. The number of carboxylic acids is 1. The molecule has 5 nitrogen and oxygen atoms in total. The van der Waals surface area contributed by atoms with Gasteiger partial charge in [0.1, 0.15) is 23.1 Å². The maximum absolute atomic E-state index is 10.9. The number of aliphatic carboxylic acids is 1. The molecule has 0 atom stereocenters. The minimum atomic E-state index is -1.62. The zero-order valence-electron chi connectivity index (χ0n) is 11.2. The number of nitrogens with zero attached hydrogens (tertiary/aromatic N) is 1. The number of carboxylic acid groups (broad SMARTS) is 1. The number of carbonyl (C=O) groups is 1. The number of rotatable bonds is 4. The first-order chi connectivity index (χ1) is 10.5. The number of allylic oxidation sites excluding steroid dienone is 1. The Kier molecular flexibility index (Phi) is 4.66. The van der Waals surface area contributed by atoms with Gasteiger partial charge in [-0.15, -0.1) is 0 Å². The van der Waals surface area contributed by atoms with Crippen LogP contribution in [0.15, 0.2) is 54.3 Å². The molecule has 0 bridgehead atoms. The minimum absolute atomic E-state index is 0.0235. The molecule has 2 rings (SSSR count). The first-order valence-electron chi connectivity index (χ1n) is 6.13. The van der Waals surface area contributed by atoms with Crippen LogP contribution in [0.1, 0.15) is 5.56 Å². The van der Waals surface area contributed by atoms with E-state index in [2.05, 4.69) is 0 Å². The molecule has 110 valence electrons. The van der Waals surface area contributed by atoms with Gasteiger partial charge in [-0.3, -0.25) is 0 Å². The van der Waals surface area contributed by atoms with Gasteiger partial charge in [0.2, 0.25) is 5.76 Å². The molecule has 0 saturated carbocycles. The highest BCUT2D eigenvalue weighted by atomic mass is 35.5. The van der Waals surface area contributed by atoms with E-state index in [0.29, 0.717) is 5.75 Å². The quantitative estimate of drug-likeness (QED) is 0.505. The van der Waals surface area contributed by atoms with Gasteiger partial charge in [0.25, 0.3) is 0 Å². The van der Waals surface area contributed by atoms with E-state index >= 15 is 0 Å². The number of benzene rings is 2. The summed E-state index contributed by atoms with van der Waals surface area (Å²) in [5.74, 6) is -2.06. The number of halogens is 1. The van der Waals surface area contributed by atoms with Crippen molar-refractivity contribution in [2.45, 2.75) is 0 Å². The van der Waals surface area contributed by atoms with Crippen molar-refractivity contribution in [2.24, 2.45) is 0 Å². The molecule has 0 aliphatic carbocycles. The van der Waals surface area contributed by atoms with Gasteiger partial charge >= 0.3 is 5.97 Å². The zero-order valence-corrected chi connectivity index (χ0v) is 11.9. The van der Waals surface area contributed by atoms with Gasteiger partial charge in [-0.1, -0.05) is 35.9 Å². The lowest BCUT2D eigenvalue weighted by Gasteiger charge is -2.12. The molecule has 0 fully saturated rings. The summed E-state index contributed by atoms with van der Waals surface area (Å²) in [5, 5.41) is 27.7. The smallest absolute Gasteiger partial charge is 0.372 e. The predicted octanol–water partition coefficient (Wildman–Crippen LogP) is 4.01. The van der Waals surface area contributed by atoms with Crippen molar-refractivity contribution >= 4 is 23.1 Å². The van der Waals surface area contributed by atoms with Crippen molar-refractivity contribution in [1.82, 2.24) is 0 Å². The summed E-state index contributed by atoms with van der Waals surface area (Å²) in [5.41, 5.74) is -0.445. The van der Waals surface area contributed by atoms with Gasteiger partial charge in [0, 0.05) is 0 Å². The number of aliphatic hydroxyl groups is 1. The van der Waals surface area contributed by atoms with Crippen molar-refractivity contribution < 1.29 is 19.7 Å². The number of hydrogen-bond acceptors (Lipinski definition) is 4. The summed E-state index contributed by atoms with van der Waals surface area (Å²) < 4.78 is 5.63. The summed E-state index contributed by atoms with van der Waals surface area (Å²) in [7, 11) is 0. The van der Waals surface area contributed by atoms with Crippen LogP contribution in [0.3, 0.4) is 0 Å². The van der Waals surface area contributed by atoms with Gasteiger partial charge in [-0.25, -0.2) is 4.79 Å². The van der Waals surface area contributed by atoms with Gasteiger partial charge in [0.05, 0.1) is 10.6 Å². The predicted molar refractivity (Wildman–Crippen MR) is 80.8 cm³/mol. The Bertz CT molecular complexity index is 778. The second kappa shape index (κ2) is 6.66. The van der Waals surface area contributed by atoms with Gasteiger partial charge in [-0.05, 0) is 24.3 Å². The summed E-state index contributed by atoms with van der Waals surface area (Å²) >= 11 is 6.05. The SMILES string of the molecule is N#C/C(=C(\O)C(=O)O)c1c(Cl)cccc1Oc1ccccc1. The molecule has 0 amide bonds. The molecule has 2 N–H and O–H groups in total. The van der Waals surface area contributed by atoms with Crippen LogP contribution in [0.4, 0.5) is 0 Å². The van der Waals surface area contributed by atoms with Crippen LogP contribution in [0, 0.1) is 11.3 Å². The maximum atomic E-state index is 10.9. The number of nitriles is 1. The van der Waals surface area contributed by atoms with Gasteiger partial charge in [0.15, 0.2) is 0 Å². The topological polar surface area (TPSA) is 90.5 Å². The van der Waals surface area contributed by atoms with Gasteiger partial charge < -0.3 is 14.9 Å². The fraction of sp³-hybridized carbons (Fsp3) is 0. The van der Waals surface area contributed by atoms with Crippen molar-refractivity contribution in [2.75, 3.05) is 0 Å². The first-order valence-corrected chi connectivity index (χ1v) is 6.50. The normalized spacial score (nSPS) is 11.3. The third-order valence-corrected chi connectivity index (χ3v) is 3.06. The average molecular weight is 316 g/mol. The summed E-state index contributed by atoms with van der Waals surface area (Å²) in [6.07, 6.45) is 0. The fourth-order valence-electron chi connectivity index (χ4n) is 1.78. The van der Waals surface area contributed by atoms with Gasteiger partial charge in [-0.2, -0.15) is 5.26 Å². The van der Waals surface area contributed by atoms with Crippen LogP contribution in [-0.2, 0) is 4.79 Å². The van der Waals surface area contributed by atoms with Crippen LogP contribution in [-0.4, -0.2) is 16.2 Å². The zero-order chi connectivity index (χ0) is 16.1. The molecule has 6 heteroatoms. The van der Waals surface area contributed by atoms with E-state index < -0.39 is 17.3 Å². The van der Waals surface area contributed by atoms with E-state index in [1.807, 2.05) is 6.07 Å². The number of para-hydroxylation sites is 1. The molecular weight excluding hydrogens is 306 g/mol. The number of aliphatic hydroxyl groups excluding tert-OH is 1. The van der Waals surface area contributed by atoms with E-state index in [1.54, 1.807) is 36.4 Å². The van der Waals surface area contributed by atoms with Crippen LogP contribution in [0.5, 0.6) is 11.5 Å². The molecule has 0 unspecified atom stereocenters. The lowest BCUT2D eigenvalue weighted by atomic mass is 10.0. The Morgan fingerprint density at radius 2 is 1.77 bits per heavy atom. The van der Waals surface area contributed by atoms with Crippen molar-refractivity contribution in [1.29, 1.82) is 5.26 Å². The monoisotopic (exact) mass is 315 g/mol. The standard InChI is InChI=1S/C16H10ClNO4/c17-12-7-4-8-13(22-10-5-2-1-3-6-10)14(12)11(9-18)15(19)16(20)21/h1-8,19H,(H,20,21)/b15-11+. The van der Waals surface area contributed by atoms with E-state index in [4.69, 9.17) is 26.7 Å². The molecule has 0 aliphatic heterocycles. The van der Waals surface area contributed by atoms with Crippen molar-refractivity contribution in [3.05, 3.63) is 64.9 Å². The van der Waals surface area contributed by atoms with E-state index in [1.165, 1.54) is 12.1 Å². The van der Waals surface area contributed by atoms with Crippen molar-refractivity contribution in [3.8, 4) is 17.6 Å². The summed E-state index contributed by atoms with van der Waals surface area (Å²) in [4.78, 5) is 10.9. The maximum Gasteiger partial charge on any atom is 0.372 e. The lowest BCUT2D eigenvalue weighted by Crippen LogP contribution is -2.04. The van der Waals surface area contributed by atoms with Crippen molar-refractivity contribution in [3.63, 3.8) is 0 Å². The number of hydrogen-bond donors (Lipinski definition) is 2.